The number of carbonyl (C=O) groups is 1. The molecule has 3 heterocycles. The second kappa shape index (κ2) is 7.70. The Morgan fingerprint density at radius 2 is 2.25 bits per heavy atom. The summed E-state index contributed by atoms with van der Waals surface area (Å²) in [6, 6.07) is 3.45. The van der Waals surface area contributed by atoms with Gasteiger partial charge in [0.25, 0.3) is 0 Å². The topological polar surface area (TPSA) is 125 Å². The summed E-state index contributed by atoms with van der Waals surface area (Å²) in [7, 11) is 0. The average Bonchev–Trinajstić information content (AvgIpc) is 3.17. The van der Waals surface area contributed by atoms with Crippen LogP contribution in [0.25, 0.3) is 22.9 Å². The van der Waals surface area contributed by atoms with Crippen molar-refractivity contribution in [2.75, 3.05) is 11.1 Å². The second-order valence-electron chi connectivity index (χ2n) is 8.34. The Balaban J connectivity index is 1.45. The molecule has 2 aliphatic rings. The van der Waals surface area contributed by atoms with E-state index in [9.17, 15) is 9.18 Å². The average molecular weight is 435 g/mol. The van der Waals surface area contributed by atoms with Crippen LogP contribution >= 0.6 is 0 Å². The number of amides is 1. The Kier molecular flexibility index (Phi) is 4.84. The van der Waals surface area contributed by atoms with Crippen LogP contribution in [0.4, 0.5) is 15.9 Å². The lowest BCUT2D eigenvalue weighted by Gasteiger charge is -2.15. The molecule has 3 aromatic rings. The maximum absolute atomic E-state index is 14.4. The molecule has 0 radical (unpaired) electrons. The van der Waals surface area contributed by atoms with Crippen LogP contribution < -0.4 is 11.1 Å². The van der Waals surface area contributed by atoms with Crippen molar-refractivity contribution >= 4 is 17.4 Å². The molecular formula is C22H22FN7O2. The third kappa shape index (κ3) is 3.79. The van der Waals surface area contributed by atoms with E-state index < -0.39 is 6.17 Å². The minimum atomic E-state index is -1.07. The van der Waals surface area contributed by atoms with Crippen molar-refractivity contribution in [3.05, 3.63) is 48.4 Å². The van der Waals surface area contributed by atoms with Crippen LogP contribution in [0.5, 0.6) is 0 Å². The molecule has 10 heteroatoms. The van der Waals surface area contributed by atoms with Crippen molar-refractivity contribution in [3.8, 4) is 22.9 Å². The van der Waals surface area contributed by atoms with E-state index in [1.54, 1.807) is 29.0 Å². The van der Waals surface area contributed by atoms with Gasteiger partial charge in [-0.05, 0) is 24.5 Å². The number of nitrogen functional groups attached to an aromatic ring is 1. The van der Waals surface area contributed by atoms with E-state index >= 15 is 0 Å². The van der Waals surface area contributed by atoms with Crippen LogP contribution in [-0.4, -0.2) is 37.0 Å². The highest BCUT2D eigenvalue weighted by molar-refractivity contribution is 5.98. The Bertz CT molecular complexity index is 1230. The number of hydrogen-bond donors (Lipinski definition) is 2. The van der Waals surface area contributed by atoms with Gasteiger partial charge in [-0.15, -0.1) is 0 Å². The molecule has 0 bridgehead atoms. The number of halogens is 1. The predicted molar refractivity (Wildman–Crippen MR) is 116 cm³/mol. The van der Waals surface area contributed by atoms with Crippen LogP contribution in [0.2, 0.25) is 0 Å². The van der Waals surface area contributed by atoms with Gasteiger partial charge in [-0.1, -0.05) is 30.3 Å². The molecule has 0 aromatic carbocycles. The van der Waals surface area contributed by atoms with Gasteiger partial charge < -0.3 is 15.6 Å². The number of allylic oxidation sites excluding steroid dienone is 4. The Morgan fingerprint density at radius 1 is 1.41 bits per heavy atom. The first kappa shape index (κ1) is 20.1. The normalized spacial score (nSPS) is 18.9. The van der Waals surface area contributed by atoms with Crippen LogP contribution in [0.15, 0.2) is 52.9 Å². The first-order valence-electron chi connectivity index (χ1n) is 10.4. The summed E-state index contributed by atoms with van der Waals surface area (Å²) in [6.45, 7) is 2.15. The predicted octanol–water partition coefficient (Wildman–Crippen LogP) is 3.54. The van der Waals surface area contributed by atoms with Gasteiger partial charge in [0.05, 0.1) is 18.4 Å². The standard InChI is InChI=1S/C22H22FN7O2/c1-22(7-8-22)21(31)26-17-11-25-20(27-19(17)24)16-10-18(15-6-9-32-29-15)30(28-16)12-13-4-2-3-5-14(13)23/h2-4,6,9-11,14H,5,7-8,12H2,1H3,(H,26,31)(H2,24,25,27). The fourth-order valence-electron chi connectivity index (χ4n) is 3.47. The number of aromatic nitrogens is 5. The zero-order chi connectivity index (χ0) is 22.3. The molecule has 3 N–H and O–H groups in total. The lowest BCUT2D eigenvalue weighted by atomic mass is 10.0. The van der Waals surface area contributed by atoms with Gasteiger partial charge in [0.2, 0.25) is 5.91 Å². The van der Waals surface area contributed by atoms with Crippen molar-refractivity contribution in [3.63, 3.8) is 0 Å². The van der Waals surface area contributed by atoms with E-state index in [-0.39, 0.29) is 29.5 Å². The molecule has 32 heavy (non-hydrogen) atoms. The van der Waals surface area contributed by atoms with E-state index in [1.165, 1.54) is 12.5 Å². The minimum Gasteiger partial charge on any atom is -0.382 e. The highest BCUT2D eigenvalue weighted by Crippen LogP contribution is 2.46. The number of rotatable bonds is 6. The van der Waals surface area contributed by atoms with Gasteiger partial charge >= 0.3 is 0 Å². The molecule has 1 unspecified atom stereocenters. The summed E-state index contributed by atoms with van der Waals surface area (Å²) >= 11 is 0. The summed E-state index contributed by atoms with van der Waals surface area (Å²) in [5.74, 6) is 0.346. The van der Waals surface area contributed by atoms with Gasteiger partial charge in [0.1, 0.15) is 29.5 Å². The van der Waals surface area contributed by atoms with Gasteiger partial charge in [-0.25, -0.2) is 14.4 Å². The fourth-order valence-corrected chi connectivity index (χ4v) is 3.47. The molecule has 2 aliphatic carbocycles. The monoisotopic (exact) mass is 435 g/mol. The highest BCUT2D eigenvalue weighted by atomic mass is 19.1. The molecule has 1 amide bonds. The van der Waals surface area contributed by atoms with Gasteiger partial charge in [0.15, 0.2) is 11.6 Å². The SMILES string of the molecule is CC1(C(=O)Nc2cnc(-c3cc(-c4ccon4)n(CC4=CC=CCC4F)n3)nc2N)CC1. The van der Waals surface area contributed by atoms with E-state index in [0.29, 0.717) is 34.8 Å². The van der Waals surface area contributed by atoms with Crippen molar-refractivity contribution in [1.82, 2.24) is 24.9 Å². The summed E-state index contributed by atoms with van der Waals surface area (Å²) in [6.07, 6.45) is 9.30. The molecular weight excluding hydrogens is 413 g/mol. The highest BCUT2D eigenvalue weighted by Gasteiger charge is 2.45. The lowest BCUT2D eigenvalue weighted by Crippen LogP contribution is -2.22. The molecule has 3 aromatic heterocycles. The van der Waals surface area contributed by atoms with E-state index in [4.69, 9.17) is 10.3 Å². The van der Waals surface area contributed by atoms with Crippen molar-refractivity contribution in [2.45, 2.75) is 38.9 Å². The smallest absolute Gasteiger partial charge is 0.230 e. The Morgan fingerprint density at radius 3 is 2.94 bits per heavy atom. The molecule has 5 rings (SSSR count). The second-order valence-corrected chi connectivity index (χ2v) is 8.34. The third-order valence-electron chi connectivity index (χ3n) is 5.85. The Hall–Kier alpha value is -3.82. The van der Waals surface area contributed by atoms with Crippen molar-refractivity contribution < 1.29 is 13.7 Å². The molecule has 1 atom stereocenters. The molecule has 164 valence electrons. The van der Waals surface area contributed by atoms with Crippen LogP contribution in [0.1, 0.15) is 26.2 Å². The van der Waals surface area contributed by atoms with Gasteiger partial charge in [-0.3, -0.25) is 9.48 Å². The number of alkyl halides is 1. The zero-order valence-corrected chi connectivity index (χ0v) is 17.5. The lowest BCUT2D eigenvalue weighted by molar-refractivity contribution is -0.120. The minimum absolute atomic E-state index is 0.0891. The molecule has 0 saturated heterocycles. The number of carbonyl (C=O) groups excluding carboxylic acids is 1. The first-order chi connectivity index (χ1) is 15.4. The van der Waals surface area contributed by atoms with Crippen LogP contribution in [0, 0.1) is 5.41 Å². The quantitative estimate of drug-likeness (QED) is 0.607. The van der Waals surface area contributed by atoms with E-state index in [2.05, 4.69) is 25.5 Å². The molecule has 0 aliphatic heterocycles. The number of nitrogens with two attached hydrogens (primary N) is 1. The van der Waals surface area contributed by atoms with Crippen molar-refractivity contribution in [1.29, 1.82) is 0 Å². The van der Waals surface area contributed by atoms with Crippen LogP contribution in [-0.2, 0) is 11.3 Å². The number of anilines is 2. The third-order valence-corrected chi connectivity index (χ3v) is 5.85. The zero-order valence-electron chi connectivity index (χ0n) is 17.5. The fraction of sp³-hybridized carbons (Fsp3) is 0.318. The summed E-state index contributed by atoms with van der Waals surface area (Å²) in [5, 5.41) is 11.4. The largest absolute Gasteiger partial charge is 0.382 e. The van der Waals surface area contributed by atoms with E-state index in [0.717, 1.165) is 12.8 Å². The van der Waals surface area contributed by atoms with E-state index in [1.807, 2.05) is 13.0 Å². The summed E-state index contributed by atoms with van der Waals surface area (Å²) in [4.78, 5) is 21.0. The first-order valence-corrected chi connectivity index (χ1v) is 10.4. The number of nitrogens with zero attached hydrogens (tertiary/aromatic N) is 5. The van der Waals surface area contributed by atoms with Crippen molar-refractivity contribution in [2.24, 2.45) is 5.41 Å². The summed E-state index contributed by atoms with van der Waals surface area (Å²) < 4.78 is 21.0. The van der Waals surface area contributed by atoms with Gasteiger partial charge in [-0.2, -0.15) is 5.10 Å². The maximum Gasteiger partial charge on any atom is 0.230 e. The van der Waals surface area contributed by atoms with Crippen LogP contribution in [0.3, 0.4) is 0 Å². The number of nitrogens with one attached hydrogen (secondary N) is 1. The number of hydrogen-bond acceptors (Lipinski definition) is 7. The molecule has 1 fully saturated rings. The summed E-state index contributed by atoms with van der Waals surface area (Å²) in [5.41, 5.74) is 8.36. The maximum atomic E-state index is 14.4. The van der Waals surface area contributed by atoms with Gasteiger partial charge in [0, 0.05) is 17.9 Å². The molecule has 0 spiro atoms. The molecule has 9 nitrogen and oxygen atoms in total. The molecule has 1 saturated carbocycles. The Labute approximate surface area is 183 Å².